The molecule has 0 spiro atoms. The predicted octanol–water partition coefficient (Wildman–Crippen LogP) is 2.61. The average Bonchev–Trinajstić information content (AvgIpc) is 2.61. The molecule has 1 aliphatic heterocycles. The van der Waals surface area contributed by atoms with Gasteiger partial charge in [-0.15, -0.1) is 0 Å². The van der Waals surface area contributed by atoms with Crippen molar-refractivity contribution in [3.8, 4) is 0 Å². The van der Waals surface area contributed by atoms with Gasteiger partial charge in [-0.05, 0) is 12.3 Å². The van der Waals surface area contributed by atoms with Crippen molar-refractivity contribution < 1.29 is 9.63 Å². The van der Waals surface area contributed by atoms with Crippen LogP contribution in [-0.4, -0.2) is 11.7 Å². The number of carbonyl (C=O) groups excluding carboxylic acids is 1. The molecule has 0 fully saturated rings. The summed E-state index contributed by atoms with van der Waals surface area (Å²) in [7, 11) is 0. The number of hydrogen-bond acceptors (Lipinski definition) is 3. The van der Waals surface area contributed by atoms with Gasteiger partial charge >= 0.3 is 5.97 Å². The number of hydrogen-bond donors (Lipinski definition) is 0. The Morgan fingerprint density at radius 2 is 2.00 bits per heavy atom. The second kappa shape index (κ2) is 4.47. The van der Waals surface area contributed by atoms with E-state index in [0.29, 0.717) is 5.92 Å². The lowest BCUT2D eigenvalue weighted by Gasteiger charge is -2.11. The topological polar surface area (TPSA) is 38.7 Å². The maximum Gasteiger partial charge on any atom is 0.344 e. The second-order valence-corrected chi connectivity index (χ2v) is 4.44. The zero-order valence-corrected chi connectivity index (χ0v) is 9.51. The van der Waals surface area contributed by atoms with Crippen molar-refractivity contribution in [1.29, 1.82) is 0 Å². The fourth-order valence-corrected chi connectivity index (χ4v) is 1.88. The van der Waals surface area contributed by atoms with Gasteiger partial charge in [0.15, 0.2) is 0 Å². The van der Waals surface area contributed by atoms with E-state index >= 15 is 0 Å². The molecule has 0 aromatic heterocycles. The molecular formula is C13H15NO2. The van der Waals surface area contributed by atoms with Gasteiger partial charge in [-0.1, -0.05) is 49.3 Å². The van der Waals surface area contributed by atoms with Crippen LogP contribution in [0.5, 0.6) is 0 Å². The summed E-state index contributed by atoms with van der Waals surface area (Å²) in [5.74, 6) is 0.0134. The van der Waals surface area contributed by atoms with Crippen LogP contribution in [0, 0.1) is 11.8 Å². The molecule has 0 bridgehead atoms. The van der Waals surface area contributed by atoms with E-state index in [9.17, 15) is 4.79 Å². The molecule has 1 atom stereocenters. The molecule has 1 heterocycles. The van der Waals surface area contributed by atoms with Gasteiger partial charge in [-0.25, -0.2) is 4.79 Å². The summed E-state index contributed by atoms with van der Waals surface area (Å²) >= 11 is 0. The van der Waals surface area contributed by atoms with E-state index < -0.39 is 0 Å². The van der Waals surface area contributed by atoms with Crippen LogP contribution < -0.4 is 0 Å². The van der Waals surface area contributed by atoms with Crippen molar-refractivity contribution in [3.63, 3.8) is 0 Å². The first-order valence-corrected chi connectivity index (χ1v) is 5.52. The van der Waals surface area contributed by atoms with E-state index in [2.05, 4.69) is 19.0 Å². The highest BCUT2D eigenvalue weighted by molar-refractivity contribution is 6.14. The quantitative estimate of drug-likeness (QED) is 0.730. The number of nitrogens with zero attached hydrogens (tertiary/aromatic N) is 1. The first kappa shape index (κ1) is 10.9. The Kier molecular flexibility index (Phi) is 3.04. The maximum atomic E-state index is 11.6. The van der Waals surface area contributed by atoms with Gasteiger partial charge in [0.2, 0.25) is 0 Å². The second-order valence-electron chi connectivity index (χ2n) is 4.44. The largest absolute Gasteiger partial charge is 0.344 e. The molecule has 0 N–H and O–H groups in total. The maximum absolute atomic E-state index is 11.6. The monoisotopic (exact) mass is 217 g/mol. The zero-order valence-electron chi connectivity index (χ0n) is 9.51. The molecule has 3 heteroatoms. The highest BCUT2D eigenvalue weighted by atomic mass is 16.7. The van der Waals surface area contributed by atoms with Gasteiger partial charge in [-0.2, -0.15) is 0 Å². The van der Waals surface area contributed by atoms with Gasteiger partial charge in [0, 0.05) is 5.56 Å². The Labute approximate surface area is 95.1 Å². The third-order valence-electron chi connectivity index (χ3n) is 2.63. The highest BCUT2D eigenvalue weighted by Crippen LogP contribution is 2.24. The van der Waals surface area contributed by atoms with Crippen molar-refractivity contribution in [2.45, 2.75) is 20.3 Å². The van der Waals surface area contributed by atoms with Crippen LogP contribution in [0.25, 0.3) is 0 Å². The summed E-state index contributed by atoms with van der Waals surface area (Å²) < 4.78 is 0. The molecule has 1 aliphatic rings. The van der Waals surface area contributed by atoms with Crippen LogP contribution in [0.15, 0.2) is 35.5 Å². The van der Waals surface area contributed by atoms with E-state index in [4.69, 9.17) is 4.84 Å². The number of oxime groups is 1. The van der Waals surface area contributed by atoms with Gasteiger partial charge in [0.05, 0.1) is 0 Å². The predicted molar refractivity (Wildman–Crippen MR) is 62.0 cm³/mol. The number of rotatable bonds is 3. The lowest BCUT2D eigenvalue weighted by atomic mass is 9.90. The lowest BCUT2D eigenvalue weighted by molar-refractivity contribution is -0.143. The minimum atomic E-state index is -0.229. The molecule has 3 nitrogen and oxygen atoms in total. The normalized spacial score (nSPS) is 19.8. The lowest BCUT2D eigenvalue weighted by Crippen LogP contribution is -2.21. The number of carbonyl (C=O) groups is 1. The molecule has 0 saturated carbocycles. The van der Waals surface area contributed by atoms with Gasteiger partial charge < -0.3 is 4.84 Å². The van der Waals surface area contributed by atoms with E-state index in [-0.39, 0.29) is 11.9 Å². The first-order valence-electron chi connectivity index (χ1n) is 5.52. The Morgan fingerprint density at radius 1 is 1.31 bits per heavy atom. The Morgan fingerprint density at radius 3 is 2.62 bits per heavy atom. The Bertz CT molecular complexity index is 409. The Balaban J connectivity index is 2.24. The van der Waals surface area contributed by atoms with Crippen LogP contribution in [0.1, 0.15) is 25.8 Å². The summed E-state index contributed by atoms with van der Waals surface area (Å²) in [5, 5.41) is 3.89. The molecule has 0 aliphatic carbocycles. The minimum Gasteiger partial charge on any atom is -0.317 e. The summed E-state index contributed by atoms with van der Waals surface area (Å²) in [6.07, 6.45) is 0.784. The number of benzene rings is 1. The van der Waals surface area contributed by atoms with E-state index in [1.54, 1.807) is 0 Å². The molecule has 1 unspecified atom stereocenters. The third-order valence-corrected chi connectivity index (χ3v) is 2.63. The van der Waals surface area contributed by atoms with Crippen molar-refractivity contribution in [1.82, 2.24) is 0 Å². The van der Waals surface area contributed by atoms with Gasteiger partial charge in [-0.3, -0.25) is 0 Å². The standard InChI is InChI=1S/C13H15NO2/c1-9(2)8-11-12(14-16-13(11)15)10-6-4-3-5-7-10/h3-7,9,11H,8H2,1-2H3. The van der Waals surface area contributed by atoms with E-state index in [1.165, 1.54) is 0 Å². The molecule has 1 aromatic carbocycles. The van der Waals surface area contributed by atoms with Crippen LogP contribution >= 0.6 is 0 Å². The molecular weight excluding hydrogens is 202 g/mol. The van der Waals surface area contributed by atoms with E-state index in [1.807, 2.05) is 30.3 Å². The fraction of sp³-hybridized carbons (Fsp3) is 0.385. The summed E-state index contributed by atoms with van der Waals surface area (Å²) in [6.45, 7) is 4.18. The summed E-state index contributed by atoms with van der Waals surface area (Å²) in [5.41, 5.74) is 1.73. The van der Waals surface area contributed by atoms with Crippen LogP contribution in [-0.2, 0) is 9.63 Å². The van der Waals surface area contributed by atoms with Crippen LogP contribution in [0.4, 0.5) is 0 Å². The van der Waals surface area contributed by atoms with Crippen molar-refractivity contribution in [2.75, 3.05) is 0 Å². The molecule has 0 amide bonds. The fourth-order valence-electron chi connectivity index (χ4n) is 1.88. The SMILES string of the molecule is CC(C)CC1C(=O)ON=C1c1ccccc1. The van der Waals surface area contributed by atoms with Crippen LogP contribution in [0.3, 0.4) is 0 Å². The van der Waals surface area contributed by atoms with Crippen LogP contribution in [0.2, 0.25) is 0 Å². The molecule has 1 aromatic rings. The van der Waals surface area contributed by atoms with Gasteiger partial charge in [0.25, 0.3) is 0 Å². The molecule has 0 saturated heterocycles. The van der Waals surface area contributed by atoms with Crippen molar-refractivity contribution >= 4 is 11.7 Å². The van der Waals surface area contributed by atoms with Crippen molar-refractivity contribution in [3.05, 3.63) is 35.9 Å². The van der Waals surface area contributed by atoms with Gasteiger partial charge in [0.1, 0.15) is 11.6 Å². The molecule has 0 radical (unpaired) electrons. The van der Waals surface area contributed by atoms with Crippen molar-refractivity contribution in [2.24, 2.45) is 17.0 Å². The third kappa shape index (κ3) is 2.13. The molecule has 2 rings (SSSR count). The smallest absolute Gasteiger partial charge is 0.317 e. The summed E-state index contributed by atoms with van der Waals surface area (Å²) in [4.78, 5) is 16.3. The molecule has 84 valence electrons. The highest BCUT2D eigenvalue weighted by Gasteiger charge is 2.33. The first-order chi connectivity index (χ1) is 7.68. The average molecular weight is 217 g/mol. The zero-order chi connectivity index (χ0) is 11.5. The minimum absolute atomic E-state index is 0.206. The Hall–Kier alpha value is -1.64. The molecule has 16 heavy (non-hydrogen) atoms. The van der Waals surface area contributed by atoms with E-state index in [0.717, 1.165) is 17.7 Å². The summed E-state index contributed by atoms with van der Waals surface area (Å²) in [6, 6.07) is 9.72.